The van der Waals surface area contributed by atoms with Crippen molar-refractivity contribution in [3.05, 3.63) is 95.1 Å². The molecule has 3 aromatic carbocycles. The van der Waals surface area contributed by atoms with Gasteiger partial charge in [-0.15, -0.1) is 0 Å². The largest absolute Gasteiger partial charge is 0.480 e. The molecule has 3 aromatic rings. The van der Waals surface area contributed by atoms with Gasteiger partial charge in [0, 0.05) is 29.9 Å². The van der Waals surface area contributed by atoms with Crippen molar-refractivity contribution in [1.29, 1.82) is 0 Å². The number of hydrogen-bond donors (Lipinski definition) is 2. The Morgan fingerprint density at radius 3 is 2.15 bits per heavy atom. The molecule has 0 fully saturated rings. The molecule has 7 nitrogen and oxygen atoms in total. The number of aryl methyl sites for hydroxylation is 1. The van der Waals surface area contributed by atoms with E-state index in [1.807, 2.05) is 49.4 Å². The molecule has 41 heavy (non-hydrogen) atoms. The maximum absolute atomic E-state index is 13.5. The molecule has 0 heterocycles. The van der Waals surface area contributed by atoms with Gasteiger partial charge in [-0.1, -0.05) is 60.7 Å². The summed E-state index contributed by atoms with van der Waals surface area (Å²) < 4.78 is 23.3. The maximum atomic E-state index is 13.5. The highest BCUT2D eigenvalue weighted by atomic mass is 32.2. The summed E-state index contributed by atoms with van der Waals surface area (Å²) in [5.41, 5.74) is 5.05. The molecule has 0 aliphatic carbocycles. The molecule has 1 atom stereocenters. The number of nitrogens with one attached hydrogen (secondary N) is 1. The van der Waals surface area contributed by atoms with Crippen molar-refractivity contribution < 1.29 is 23.1 Å². The zero-order chi connectivity index (χ0) is 30.4. The standard InChI is InChI=1S/C33H42N2O5S/c1-23(2)35(33(4,5)21-25-13-8-7-9-14-25)22-26-16-17-28(29(20-26)27-15-11-10-12-24(27)3)31(36)34-30(32(37)38)18-19-41(6,39)40/h7-17,20,23,30H,18-19,21-22H2,1-6H3,(H,34,36)(H,37,38). The molecule has 0 aromatic heterocycles. The number of benzene rings is 3. The molecule has 0 aliphatic heterocycles. The van der Waals surface area contributed by atoms with Crippen LogP contribution in [0.3, 0.4) is 0 Å². The van der Waals surface area contributed by atoms with Gasteiger partial charge in [0.15, 0.2) is 0 Å². The van der Waals surface area contributed by atoms with Crippen molar-refractivity contribution in [3.63, 3.8) is 0 Å². The predicted molar refractivity (Wildman–Crippen MR) is 165 cm³/mol. The number of amides is 1. The number of carboxylic acid groups (broad SMARTS) is 1. The molecule has 2 N–H and O–H groups in total. The normalized spacial score (nSPS) is 12.9. The fraction of sp³-hybridized carbons (Fsp3) is 0.394. The van der Waals surface area contributed by atoms with Crippen LogP contribution in [0.25, 0.3) is 11.1 Å². The van der Waals surface area contributed by atoms with Crippen molar-refractivity contribution >= 4 is 21.7 Å². The Balaban J connectivity index is 1.98. The summed E-state index contributed by atoms with van der Waals surface area (Å²) in [6.45, 7) is 11.5. The summed E-state index contributed by atoms with van der Waals surface area (Å²) in [7, 11) is -3.39. The smallest absolute Gasteiger partial charge is 0.326 e. The van der Waals surface area contributed by atoms with Crippen LogP contribution in [0.5, 0.6) is 0 Å². The topological polar surface area (TPSA) is 104 Å². The van der Waals surface area contributed by atoms with Crippen LogP contribution in [0.15, 0.2) is 72.8 Å². The summed E-state index contributed by atoms with van der Waals surface area (Å²) in [6, 6.07) is 22.8. The van der Waals surface area contributed by atoms with Crippen LogP contribution in [-0.4, -0.2) is 59.9 Å². The van der Waals surface area contributed by atoms with E-state index in [9.17, 15) is 23.1 Å². The zero-order valence-electron chi connectivity index (χ0n) is 24.8. The van der Waals surface area contributed by atoms with Crippen molar-refractivity contribution in [1.82, 2.24) is 10.2 Å². The lowest BCUT2D eigenvalue weighted by Gasteiger charge is -2.42. The van der Waals surface area contributed by atoms with Gasteiger partial charge in [-0.25, -0.2) is 13.2 Å². The first kappa shape index (κ1) is 32.0. The van der Waals surface area contributed by atoms with E-state index in [-0.39, 0.29) is 23.8 Å². The van der Waals surface area contributed by atoms with Gasteiger partial charge in [0.05, 0.1) is 5.75 Å². The number of nitrogens with zero attached hydrogens (tertiary/aromatic N) is 1. The summed E-state index contributed by atoms with van der Waals surface area (Å²) >= 11 is 0. The first-order chi connectivity index (χ1) is 19.2. The van der Waals surface area contributed by atoms with Gasteiger partial charge in [-0.3, -0.25) is 9.69 Å². The molecule has 1 amide bonds. The van der Waals surface area contributed by atoms with Crippen LogP contribution < -0.4 is 5.32 Å². The number of hydrogen-bond acceptors (Lipinski definition) is 5. The SMILES string of the molecule is Cc1ccccc1-c1cc(CN(C(C)C)C(C)(C)Cc2ccccc2)ccc1C(=O)NC(CCS(C)(=O)=O)C(=O)O. The first-order valence-corrected chi connectivity index (χ1v) is 15.9. The number of rotatable bonds is 13. The van der Waals surface area contributed by atoms with Crippen LogP contribution in [0, 0.1) is 6.92 Å². The molecule has 0 bridgehead atoms. The number of sulfone groups is 1. The lowest BCUT2D eigenvalue weighted by molar-refractivity contribution is -0.139. The highest BCUT2D eigenvalue weighted by Gasteiger charge is 2.30. The highest BCUT2D eigenvalue weighted by Crippen LogP contribution is 2.31. The number of carbonyl (C=O) groups excluding carboxylic acids is 1. The Labute approximate surface area is 244 Å². The molecular weight excluding hydrogens is 536 g/mol. The Hall–Kier alpha value is -3.49. The van der Waals surface area contributed by atoms with Crippen LogP contribution in [-0.2, 0) is 27.6 Å². The van der Waals surface area contributed by atoms with E-state index in [2.05, 4.69) is 62.2 Å². The Morgan fingerprint density at radius 2 is 1.56 bits per heavy atom. The summed E-state index contributed by atoms with van der Waals surface area (Å²) in [4.78, 5) is 27.7. The fourth-order valence-electron chi connectivity index (χ4n) is 5.30. The molecule has 0 saturated heterocycles. The summed E-state index contributed by atoms with van der Waals surface area (Å²) in [5, 5.41) is 12.2. The van der Waals surface area contributed by atoms with Gasteiger partial charge in [-0.05, 0) is 87.4 Å². The predicted octanol–water partition coefficient (Wildman–Crippen LogP) is 5.51. The van der Waals surface area contributed by atoms with E-state index in [0.29, 0.717) is 17.7 Å². The van der Waals surface area contributed by atoms with E-state index < -0.39 is 27.8 Å². The molecule has 0 aliphatic rings. The van der Waals surface area contributed by atoms with E-state index in [4.69, 9.17) is 0 Å². The third-order valence-corrected chi connectivity index (χ3v) is 8.36. The highest BCUT2D eigenvalue weighted by molar-refractivity contribution is 7.90. The van der Waals surface area contributed by atoms with Gasteiger partial charge in [0.1, 0.15) is 15.9 Å². The first-order valence-electron chi connectivity index (χ1n) is 13.9. The lowest BCUT2D eigenvalue weighted by atomic mass is 9.90. The van der Waals surface area contributed by atoms with Gasteiger partial charge >= 0.3 is 5.97 Å². The molecule has 0 saturated carbocycles. The lowest BCUT2D eigenvalue weighted by Crippen LogP contribution is -2.48. The quantitative estimate of drug-likeness (QED) is 0.277. The molecule has 1 unspecified atom stereocenters. The second kappa shape index (κ2) is 13.4. The molecule has 220 valence electrons. The second-order valence-electron chi connectivity index (χ2n) is 11.7. The maximum Gasteiger partial charge on any atom is 0.326 e. The molecule has 8 heteroatoms. The Kier molecular flexibility index (Phi) is 10.5. The number of carboxylic acids is 1. The van der Waals surface area contributed by atoms with E-state index in [0.717, 1.165) is 29.4 Å². The Bertz CT molecular complexity index is 1470. The minimum Gasteiger partial charge on any atom is -0.480 e. The average molecular weight is 579 g/mol. The molecule has 3 rings (SSSR count). The Morgan fingerprint density at radius 1 is 0.927 bits per heavy atom. The van der Waals surface area contributed by atoms with E-state index >= 15 is 0 Å². The van der Waals surface area contributed by atoms with Crippen molar-refractivity contribution in [2.45, 2.75) is 71.6 Å². The van der Waals surface area contributed by atoms with Gasteiger partial charge in [0.25, 0.3) is 5.91 Å². The van der Waals surface area contributed by atoms with Crippen LogP contribution in [0.4, 0.5) is 0 Å². The van der Waals surface area contributed by atoms with Crippen LogP contribution in [0.1, 0.15) is 61.2 Å². The van der Waals surface area contributed by atoms with E-state index in [1.165, 1.54) is 5.56 Å². The average Bonchev–Trinajstić information content (AvgIpc) is 2.89. The van der Waals surface area contributed by atoms with Crippen LogP contribution in [0.2, 0.25) is 0 Å². The van der Waals surface area contributed by atoms with Crippen LogP contribution >= 0.6 is 0 Å². The second-order valence-corrected chi connectivity index (χ2v) is 13.9. The summed E-state index contributed by atoms with van der Waals surface area (Å²) in [6.07, 6.45) is 1.71. The zero-order valence-corrected chi connectivity index (χ0v) is 25.7. The third-order valence-electron chi connectivity index (χ3n) is 7.38. The number of aliphatic carboxylic acids is 1. The monoisotopic (exact) mass is 578 g/mol. The van der Waals surface area contributed by atoms with Gasteiger partial charge in [-0.2, -0.15) is 0 Å². The van der Waals surface area contributed by atoms with Gasteiger partial charge < -0.3 is 10.4 Å². The third kappa shape index (κ3) is 9.00. The molecule has 0 radical (unpaired) electrons. The fourth-order valence-corrected chi connectivity index (χ4v) is 5.96. The molecular formula is C33H42N2O5S. The minimum absolute atomic E-state index is 0.150. The number of carbonyl (C=O) groups is 2. The summed E-state index contributed by atoms with van der Waals surface area (Å²) in [5.74, 6) is -2.16. The van der Waals surface area contributed by atoms with Crippen molar-refractivity contribution in [2.24, 2.45) is 0 Å². The van der Waals surface area contributed by atoms with Gasteiger partial charge in [0.2, 0.25) is 0 Å². The minimum atomic E-state index is -3.39. The van der Waals surface area contributed by atoms with E-state index in [1.54, 1.807) is 6.07 Å². The van der Waals surface area contributed by atoms with Crippen molar-refractivity contribution in [2.75, 3.05) is 12.0 Å². The van der Waals surface area contributed by atoms with Crippen molar-refractivity contribution in [3.8, 4) is 11.1 Å². The molecule has 0 spiro atoms.